The van der Waals surface area contributed by atoms with Crippen LogP contribution in [0.25, 0.3) is 5.65 Å². The number of anilines is 1. The third-order valence-electron chi connectivity index (χ3n) is 4.17. The Bertz CT molecular complexity index is 957. The number of hydrogen-bond donors (Lipinski definition) is 1. The molecule has 3 aromatic rings. The molecule has 26 heavy (non-hydrogen) atoms. The molecule has 1 N–H and O–H groups in total. The summed E-state index contributed by atoms with van der Waals surface area (Å²) >= 11 is 0. The van der Waals surface area contributed by atoms with Crippen molar-refractivity contribution >= 4 is 17.2 Å². The van der Waals surface area contributed by atoms with E-state index in [0.717, 1.165) is 17.8 Å². The van der Waals surface area contributed by atoms with Crippen LogP contribution in [0, 0.1) is 6.92 Å². The fourth-order valence-corrected chi connectivity index (χ4v) is 2.75. The molecule has 0 unspecified atom stereocenters. The molecule has 3 rings (SSSR count). The van der Waals surface area contributed by atoms with Crippen molar-refractivity contribution in [2.45, 2.75) is 32.9 Å². The number of pyridine rings is 1. The molecule has 0 atom stereocenters. The van der Waals surface area contributed by atoms with E-state index in [9.17, 15) is 18.0 Å². The average molecular weight is 361 g/mol. The summed E-state index contributed by atoms with van der Waals surface area (Å²) in [6.07, 6.45) is -3.60. The number of alkyl halides is 3. The van der Waals surface area contributed by atoms with Crippen molar-refractivity contribution in [3.05, 3.63) is 65.1 Å². The third kappa shape index (κ3) is 3.42. The minimum absolute atomic E-state index is 0.0824. The number of halogens is 3. The lowest BCUT2D eigenvalue weighted by atomic mass is 10.0. The van der Waals surface area contributed by atoms with E-state index in [-0.39, 0.29) is 11.3 Å². The molecule has 0 saturated heterocycles. The smallest absolute Gasteiger partial charge is 0.321 e. The van der Waals surface area contributed by atoms with E-state index in [1.165, 1.54) is 10.5 Å². The molecule has 0 spiro atoms. The monoisotopic (exact) mass is 361 g/mol. The number of carbonyl (C=O) groups is 1. The minimum Gasteiger partial charge on any atom is -0.321 e. The fourth-order valence-electron chi connectivity index (χ4n) is 2.75. The zero-order valence-electron chi connectivity index (χ0n) is 14.6. The van der Waals surface area contributed by atoms with Crippen LogP contribution >= 0.6 is 0 Å². The first-order chi connectivity index (χ1) is 12.2. The van der Waals surface area contributed by atoms with Crippen LogP contribution in [0.4, 0.5) is 18.9 Å². The molecule has 4 nitrogen and oxygen atoms in total. The molecule has 0 bridgehead atoms. The number of benzene rings is 1. The number of aryl methyl sites for hydroxylation is 1. The molecule has 1 aromatic carbocycles. The minimum atomic E-state index is -4.49. The van der Waals surface area contributed by atoms with Gasteiger partial charge in [0.05, 0.1) is 11.3 Å². The van der Waals surface area contributed by atoms with Gasteiger partial charge >= 0.3 is 6.18 Å². The van der Waals surface area contributed by atoms with Gasteiger partial charge in [0.15, 0.2) is 0 Å². The van der Waals surface area contributed by atoms with Crippen LogP contribution in [0.3, 0.4) is 0 Å². The first kappa shape index (κ1) is 18.0. The summed E-state index contributed by atoms with van der Waals surface area (Å²) in [6.45, 7) is 5.72. The molecule has 136 valence electrons. The van der Waals surface area contributed by atoms with E-state index in [2.05, 4.69) is 24.1 Å². The number of imidazole rings is 1. The summed E-state index contributed by atoms with van der Waals surface area (Å²) in [5.74, 6) is -0.145. The maximum Gasteiger partial charge on any atom is 0.417 e. The van der Waals surface area contributed by atoms with E-state index >= 15 is 0 Å². The lowest BCUT2D eigenvalue weighted by Crippen LogP contribution is -2.16. The lowest BCUT2D eigenvalue weighted by molar-refractivity contribution is -0.137. The highest BCUT2D eigenvalue weighted by Gasteiger charge is 2.31. The summed E-state index contributed by atoms with van der Waals surface area (Å²) in [6, 6.07) is 9.56. The van der Waals surface area contributed by atoms with E-state index in [1.54, 1.807) is 19.1 Å². The maximum atomic E-state index is 13.0. The van der Waals surface area contributed by atoms with Gasteiger partial charge in [-0.25, -0.2) is 4.98 Å². The largest absolute Gasteiger partial charge is 0.417 e. The fraction of sp³-hybridized carbons (Fsp3) is 0.263. The second-order valence-electron chi connectivity index (χ2n) is 6.42. The van der Waals surface area contributed by atoms with Crippen molar-refractivity contribution in [2.75, 3.05) is 5.32 Å². The molecule has 2 aromatic heterocycles. The number of fused-ring (bicyclic) bond motifs is 1. The van der Waals surface area contributed by atoms with Crippen LogP contribution < -0.4 is 5.32 Å². The Balaban J connectivity index is 1.95. The molecule has 1 amide bonds. The van der Waals surface area contributed by atoms with Crippen molar-refractivity contribution in [1.82, 2.24) is 9.38 Å². The topological polar surface area (TPSA) is 46.4 Å². The zero-order valence-corrected chi connectivity index (χ0v) is 14.6. The van der Waals surface area contributed by atoms with Crippen molar-refractivity contribution in [1.29, 1.82) is 0 Å². The molecule has 0 aliphatic rings. The maximum absolute atomic E-state index is 13.0. The van der Waals surface area contributed by atoms with Gasteiger partial charge in [-0.1, -0.05) is 26.0 Å². The number of nitrogens with one attached hydrogen (secondary N) is 1. The molecule has 2 heterocycles. The third-order valence-corrected chi connectivity index (χ3v) is 4.17. The van der Waals surface area contributed by atoms with Gasteiger partial charge in [0.2, 0.25) is 0 Å². The van der Waals surface area contributed by atoms with Crippen molar-refractivity contribution in [3.63, 3.8) is 0 Å². The Morgan fingerprint density at radius 3 is 2.35 bits per heavy atom. The molecular weight excluding hydrogens is 343 g/mol. The summed E-state index contributed by atoms with van der Waals surface area (Å²) in [5.41, 5.74) is 1.60. The first-order valence-electron chi connectivity index (χ1n) is 8.14. The lowest BCUT2D eigenvalue weighted by Gasteiger charge is -2.10. The van der Waals surface area contributed by atoms with Crippen molar-refractivity contribution < 1.29 is 18.0 Å². The Kier molecular flexibility index (Phi) is 4.48. The normalized spacial score (nSPS) is 12.0. The molecule has 0 fully saturated rings. The quantitative estimate of drug-likeness (QED) is 0.711. The van der Waals surface area contributed by atoms with Gasteiger partial charge in [0, 0.05) is 11.9 Å². The van der Waals surface area contributed by atoms with Gasteiger partial charge in [-0.3, -0.25) is 9.20 Å². The highest BCUT2D eigenvalue weighted by atomic mass is 19.4. The Labute approximate surface area is 148 Å². The molecule has 0 radical (unpaired) electrons. The number of aromatic nitrogens is 2. The highest BCUT2D eigenvalue weighted by molar-refractivity contribution is 6.04. The molecule has 0 aliphatic heterocycles. The predicted octanol–water partition coefficient (Wildman–Crippen LogP) is 5.04. The Morgan fingerprint density at radius 1 is 1.12 bits per heavy atom. The second-order valence-corrected chi connectivity index (χ2v) is 6.42. The van der Waals surface area contributed by atoms with Crippen LogP contribution in [0.2, 0.25) is 0 Å². The van der Waals surface area contributed by atoms with E-state index in [4.69, 9.17) is 0 Å². The van der Waals surface area contributed by atoms with Crippen LogP contribution in [-0.2, 0) is 6.18 Å². The van der Waals surface area contributed by atoms with E-state index in [1.807, 2.05) is 12.1 Å². The van der Waals surface area contributed by atoms with Crippen LogP contribution in [0.5, 0.6) is 0 Å². The van der Waals surface area contributed by atoms with Gasteiger partial charge in [0.1, 0.15) is 11.3 Å². The van der Waals surface area contributed by atoms with Gasteiger partial charge < -0.3 is 5.32 Å². The number of amides is 1. The molecular formula is C19H18F3N3O. The standard InChI is InChI=1S/C19H18F3N3O/c1-11(2)13-4-7-15(8-5-13)24-18(26)17-12(3)23-16-9-6-14(10-25(16)17)19(20,21)22/h4-11H,1-3H3,(H,24,26). The number of nitrogens with zero attached hydrogens (tertiary/aromatic N) is 2. The number of rotatable bonds is 3. The number of hydrogen-bond acceptors (Lipinski definition) is 2. The average Bonchev–Trinajstić information content (AvgIpc) is 2.89. The van der Waals surface area contributed by atoms with E-state index in [0.29, 0.717) is 17.3 Å². The summed E-state index contributed by atoms with van der Waals surface area (Å²) in [7, 11) is 0. The van der Waals surface area contributed by atoms with Gasteiger partial charge in [0.25, 0.3) is 5.91 Å². The van der Waals surface area contributed by atoms with Crippen LogP contribution in [0.15, 0.2) is 42.6 Å². The van der Waals surface area contributed by atoms with Crippen molar-refractivity contribution in [2.24, 2.45) is 0 Å². The van der Waals surface area contributed by atoms with E-state index < -0.39 is 17.6 Å². The predicted molar refractivity (Wildman–Crippen MR) is 93.4 cm³/mol. The van der Waals surface area contributed by atoms with Gasteiger partial charge in [-0.2, -0.15) is 13.2 Å². The number of carbonyl (C=O) groups excluding carboxylic acids is 1. The molecule has 0 saturated carbocycles. The van der Waals surface area contributed by atoms with Gasteiger partial charge in [-0.05, 0) is 42.7 Å². The summed E-state index contributed by atoms with van der Waals surface area (Å²) in [5, 5.41) is 2.72. The van der Waals surface area contributed by atoms with Crippen LogP contribution in [0.1, 0.15) is 47.1 Å². The second kappa shape index (κ2) is 6.48. The summed E-state index contributed by atoms with van der Waals surface area (Å²) < 4.78 is 40.1. The highest BCUT2D eigenvalue weighted by Crippen LogP contribution is 2.30. The Hall–Kier alpha value is -2.83. The molecule has 0 aliphatic carbocycles. The van der Waals surface area contributed by atoms with Gasteiger partial charge in [-0.15, -0.1) is 0 Å². The molecule has 7 heteroatoms. The SMILES string of the molecule is Cc1nc2ccc(C(F)(F)F)cn2c1C(=O)Nc1ccc(C(C)C)cc1. The first-order valence-corrected chi connectivity index (χ1v) is 8.14. The Morgan fingerprint density at radius 2 is 1.77 bits per heavy atom. The zero-order chi connectivity index (χ0) is 19.1. The van der Waals surface area contributed by atoms with Crippen molar-refractivity contribution in [3.8, 4) is 0 Å². The van der Waals surface area contributed by atoms with Crippen LogP contribution in [-0.4, -0.2) is 15.3 Å². The summed E-state index contributed by atoms with van der Waals surface area (Å²) in [4.78, 5) is 16.8.